The van der Waals surface area contributed by atoms with Crippen molar-refractivity contribution in [2.24, 2.45) is 11.8 Å². The summed E-state index contributed by atoms with van der Waals surface area (Å²) >= 11 is 0. The summed E-state index contributed by atoms with van der Waals surface area (Å²) in [5, 5.41) is 0. The Labute approximate surface area is 96.2 Å². The Morgan fingerprint density at radius 1 is 1.33 bits per heavy atom. The van der Waals surface area contributed by atoms with Gasteiger partial charge in [0.15, 0.2) is 0 Å². The van der Waals surface area contributed by atoms with Crippen LogP contribution in [-0.2, 0) is 0 Å². The highest BCUT2D eigenvalue weighted by atomic mass is 15.1. The van der Waals surface area contributed by atoms with Crippen LogP contribution in [0.25, 0.3) is 0 Å². The van der Waals surface area contributed by atoms with Gasteiger partial charge in [-0.2, -0.15) is 0 Å². The third-order valence-corrected chi connectivity index (χ3v) is 3.80. The fourth-order valence-electron chi connectivity index (χ4n) is 2.73. The lowest BCUT2D eigenvalue weighted by atomic mass is 9.94. The molecule has 0 saturated carbocycles. The van der Waals surface area contributed by atoms with Crippen LogP contribution in [0.4, 0.5) is 0 Å². The van der Waals surface area contributed by atoms with Gasteiger partial charge in [-0.25, -0.2) is 0 Å². The maximum absolute atomic E-state index is 2.71. The fraction of sp³-hybridized carbons (Fsp3) is 1.00. The molecule has 1 nitrogen and oxygen atoms in total. The molecular weight excluding hydrogens is 182 g/mol. The summed E-state index contributed by atoms with van der Waals surface area (Å²) in [6, 6.07) is 0. The van der Waals surface area contributed by atoms with Crippen LogP contribution in [0.1, 0.15) is 59.3 Å². The molecule has 0 aromatic rings. The number of unbranched alkanes of at least 4 members (excludes halogenated alkanes) is 1. The first-order chi connectivity index (χ1) is 7.26. The van der Waals surface area contributed by atoms with Gasteiger partial charge in [0, 0.05) is 13.1 Å². The maximum Gasteiger partial charge on any atom is 0.000968 e. The van der Waals surface area contributed by atoms with E-state index in [9.17, 15) is 0 Å². The number of hydrogen-bond acceptors (Lipinski definition) is 1. The van der Waals surface area contributed by atoms with E-state index in [4.69, 9.17) is 0 Å². The SMILES string of the molecule is CCCCC(C)CN1CCCC(CC)C1. The molecule has 0 aliphatic carbocycles. The largest absolute Gasteiger partial charge is 0.303 e. The zero-order valence-electron chi connectivity index (χ0n) is 11.0. The Bertz CT molecular complexity index is 155. The second-order valence-corrected chi connectivity index (χ2v) is 5.42. The van der Waals surface area contributed by atoms with E-state index in [2.05, 4.69) is 25.7 Å². The molecule has 1 rings (SSSR count). The van der Waals surface area contributed by atoms with Crippen LogP contribution in [0.15, 0.2) is 0 Å². The molecule has 15 heavy (non-hydrogen) atoms. The molecule has 90 valence electrons. The van der Waals surface area contributed by atoms with Crippen LogP contribution in [0.2, 0.25) is 0 Å². The maximum atomic E-state index is 2.71. The third-order valence-electron chi connectivity index (χ3n) is 3.80. The Morgan fingerprint density at radius 3 is 2.80 bits per heavy atom. The van der Waals surface area contributed by atoms with Crippen molar-refractivity contribution in [3.05, 3.63) is 0 Å². The van der Waals surface area contributed by atoms with Gasteiger partial charge in [-0.05, 0) is 37.6 Å². The van der Waals surface area contributed by atoms with Crippen LogP contribution in [0.5, 0.6) is 0 Å². The molecular formula is C14H29N. The van der Waals surface area contributed by atoms with E-state index in [1.54, 1.807) is 0 Å². The minimum Gasteiger partial charge on any atom is -0.303 e. The average molecular weight is 211 g/mol. The summed E-state index contributed by atoms with van der Waals surface area (Å²) in [4.78, 5) is 2.71. The molecule has 0 radical (unpaired) electrons. The molecule has 1 heterocycles. The monoisotopic (exact) mass is 211 g/mol. The molecule has 0 amide bonds. The van der Waals surface area contributed by atoms with Gasteiger partial charge in [0.1, 0.15) is 0 Å². The number of piperidine rings is 1. The zero-order valence-corrected chi connectivity index (χ0v) is 11.0. The molecule has 2 unspecified atom stereocenters. The van der Waals surface area contributed by atoms with Crippen molar-refractivity contribution >= 4 is 0 Å². The standard InChI is InChI=1S/C14H29N/c1-4-6-8-13(3)11-15-10-7-9-14(5-2)12-15/h13-14H,4-12H2,1-3H3. The molecule has 0 aromatic heterocycles. The fourth-order valence-corrected chi connectivity index (χ4v) is 2.73. The van der Waals surface area contributed by atoms with Crippen LogP contribution in [-0.4, -0.2) is 24.5 Å². The summed E-state index contributed by atoms with van der Waals surface area (Å²) in [6.07, 6.45) is 8.45. The Kier molecular flexibility index (Phi) is 6.31. The summed E-state index contributed by atoms with van der Waals surface area (Å²) in [5.74, 6) is 1.89. The topological polar surface area (TPSA) is 3.24 Å². The van der Waals surface area contributed by atoms with Gasteiger partial charge in [0.25, 0.3) is 0 Å². The van der Waals surface area contributed by atoms with Gasteiger partial charge in [-0.3, -0.25) is 0 Å². The lowest BCUT2D eigenvalue weighted by molar-refractivity contribution is 0.149. The van der Waals surface area contributed by atoms with E-state index in [0.29, 0.717) is 0 Å². The molecule has 1 aliphatic rings. The molecule has 2 atom stereocenters. The first-order valence-corrected chi connectivity index (χ1v) is 6.98. The van der Waals surface area contributed by atoms with Crippen molar-refractivity contribution in [1.82, 2.24) is 4.90 Å². The minimum atomic E-state index is 0.903. The second kappa shape index (κ2) is 7.27. The Morgan fingerprint density at radius 2 is 2.13 bits per heavy atom. The molecule has 0 spiro atoms. The average Bonchev–Trinajstić information content (AvgIpc) is 2.26. The molecule has 0 bridgehead atoms. The van der Waals surface area contributed by atoms with Crippen molar-refractivity contribution in [1.29, 1.82) is 0 Å². The minimum absolute atomic E-state index is 0.903. The lowest BCUT2D eigenvalue weighted by Gasteiger charge is -2.34. The molecule has 0 aromatic carbocycles. The highest BCUT2D eigenvalue weighted by Crippen LogP contribution is 2.20. The number of likely N-dealkylation sites (tertiary alicyclic amines) is 1. The van der Waals surface area contributed by atoms with Gasteiger partial charge in [0.2, 0.25) is 0 Å². The number of nitrogens with zero attached hydrogens (tertiary/aromatic N) is 1. The summed E-state index contributed by atoms with van der Waals surface area (Å²) in [7, 11) is 0. The van der Waals surface area contributed by atoms with Gasteiger partial charge >= 0.3 is 0 Å². The van der Waals surface area contributed by atoms with Gasteiger partial charge in [-0.15, -0.1) is 0 Å². The van der Waals surface area contributed by atoms with Crippen LogP contribution in [0.3, 0.4) is 0 Å². The normalized spacial score (nSPS) is 25.4. The summed E-state index contributed by atoms with van der Waals surface area (Å²) in [5.41, 5.74) is 0. The third kappa shape index (κ3) is 5.01. The predicted molar refractivity (Wildman–Crippen MR) is 68.1 cm³/mol. The van der Waals surface area contributed by atoms with E-state index >= 15 is 0 Å². The molecule has 1 saturated heterocycles. The van der Waals surface area contributed by atoms with Crippen molar-refractivity contribution < 1.29 is 0 Å². The Balaban J connectivity index is 2.19. The van der Waals surface area contributed by atoms with E-state index in [1.165, 1.54) is 58.2 Å². The van der Waals surface area contributed by atoms with E-state index in [1.807, 2.05) is 0 Å². The predicted octanol–water partition coefficient (Wildman–Crippen LogP) is 3.93. The van der Waals surface area contributed by atoms with Crippen LogP contribution >= 0.6 is 0 Å². The number of rotatable bonds is 6. The lowest BCUT2D eigenvalue weighted by Crippen LogP contribution is -2.37. The summed E-state index contributed by atoms with van der Waals surface area (Å²) < 4.78 is 0. The summed E-state index contributed by atoms with van der Waals surface area (Å²) in [6.45, 7) is 11.1. The van der Waals surface area contributed by atoms with Crippen molar-refractivity contribution in [2.75, 3.05) is 19.6 Å². The van der Waals surface area contributed by atoms with Crippen molar-refractivity contribution in [3.8, 4) is 0 Å². The van der Waals surface area contributed by atoms with Gasteiger partial charge < -0.3 is 4.90 Å². The van der Waals surface area contributed by atoms with Crippen molar-refractivity contribution in [3.63, 3.8) is 0 Å². The highest BCUT2D eigenvalue weighted by Gasteiger charge is 2.19. The molecule has 1 aliphatic heterocycles. The highest BCUT2D eigenvalue weighted by molar-refractivity contribution is 4.73. The van der Waals surface area contributed by atoms with Crippen LogP contribution in [0, 0.1) is 11.8 Å². The quantitative estimate of drug-likeness (QED) is 0.643. The molecule has 0 N–H and O–H groups in total. The second-order valence-electron chi connectivity index (χ2n) is 5.42. The molecule has 1 heteroatoms. The molecule has 1 fully saturated rings. The van der Waals surface area contributed by atoms with Crippen molar-refractivity contribution in [2.45, 2.75) is 59.3 Å². The number of hydrogen-bond donors (Lipinski definition) is 0. The van der Waals surface area contributed by atoms with Gasteiger partial charge in [-0.1, -0.05) is 40.0 Å². The first kappa shape index (κ1) is 13.0. The van der Waals surface area contributed by atoms with E-state index < -0.39 is 0 Å². The zero-order chi connectivity index (χ0) is 11.1. The van der Waals surface area contributed by atoms with Gasteiger partial charge in [0.05, 0.1) is 0 Å². The first-order valence-electron chi connectivity index (χ1n) is 6.98. The van der Waals surface area contributed by atoms with Crippen LogP contribution < -0.4 is 0 Å². The van der Waals surface area contributed by atoms with E-state index in [-0.39, 0.29) is 0 Å². The smallest absolute Gasteiger partial charge is 0.000968 e. The Hall–Kier alpha value is -0.0400. The van der Waals surface area contributed by atoms with E-state index in [0.717, 1.165) is 11.8 Å².